The van der Waals surface area contributed by atoms with Crippen LogP contribution in [0, 0.1) is 5.41 Å². The minimum Gasteiger partial charge on any atom is -0.465 e. The van der Waals surface area contributed by atoms with Crippen LogP contribution in [0.1, 0.15) is 213 Å². The Morgan fingerprint density at radius 1 is 0.424 bits per heavy atom. The van der Waals surface area contributed by atoms with Crippen molar-refractivity contribution in [2.24, 2.45) is 5.41 Å². The summed E-state index contributed by atoms with van der Waals surface area (Å²) in [6, 6.07) is 0. The quantitative estimate of drug-likeness (QED) is 0.0197. The summed E-state index contributed by atoms with van der Waals surface area (Å²) in [4.78, 5) is 41.3. The standard InChI is InChI=1S/C51H91NO7/c1-4-7-10-13-16-19-22-25-28-31-34-37-48(53)57-45-51(44-56-43-42-52-40-41-52,46-58-49(54)38-35-32-29-26-23-20-17-14-11-8-5-2)47-59-50(55)39-36-33-30-27-24-21-18-15-12-9-6-3/h13-18H,4-12,19-47H2,1-3H3/b16-13-,17-14-,18-15-. The number of hydrogen-bond acceptors (Lipinski definition) is 8. The van der Waals surface area contributed by atoms with E-state index < -0.39 is 5.41 Å². The van der Waals surface area contributed by atoms with Crippen LogP contribution < -0.4 is 0 Å². The third-order valence-corrected chi connectivity index (χ3v) is 11.0. The second-order valence-corrected chi connectivity index (χ2v) is 17.1. The number of nitrogens with zero attached hydrogens (tertiary/aromatic N) is 1. The molecule has 8 heteroatoms. The molecule has 0 N–H and O–H groups in total. The number of rotatable bonds is 44. The second kappa shape index (κ2) is 40.9. The van der Waals surface area contributed by atoms with Crippen LogP contribution >= 0.6 is 0 Å². The first kappa shape index (κ1) is 54.6. The highest BCUT2D eigenvalue weighted by Crippen LogP contribution is 2.23. The minimum atomic E-state index is -0.972. The molecule has 1 heterocycles. The molecule has 342 valence electrons. The molecule has 1 saturated heterocycles. The molecule has 59 heavy (non-hydrogen) atoms. The normalized spacial score (nSPS) is 13.3. The highest BCUT2D eigenvalue weighted by Gasteiger charge is 2.37. The highest BCUT2D eigenvalue weighted by molar-refractivity contribution is 5.70. The molecule has 8 nitrogen and oxygen atoms in total. The Labute approximate surface area is 363 Å². The summed E-state index contributed by atoms with van der Waals surface area (Å²) >= 11 is 0. The Kier molecular flexibility index (Phi) is 37.9. The fraction of sp³-hybridized carbons (Fsp3) is 0.824. The van der Waals surface area contributed by atoms with Gasteiger partial charge in [-0.25, -0.2) is 0 Å². The Hall–Kier alpha value is -2.45. The number of esters is 3. The van der Waals surface area contributed by atoms with Crippen molar-refractivity contribution in [3.63, 3.8) is 0 Å². The molecular weight excluding hydrogens is 739 g/mol. The van der Waals surface area contributed by atoms with Gasteiger partial charge in [0.2, 0.25) is 0 Å². The minimum absolute atomic E-state index is 0.0275. The van der Waals surface area contributed by atoms with Gasteiger partial charge in [0.05, 0.1) is 18.6 Å². The van der Waals surface area contributed by atoms with Crippen LogP contribution in [-0.4, -0.2) is 75.5 Å². The van der Waals surface area contributed by atoms with Crippen LogP contribution in [0.3, 0.4) is 0 Å². The van der Waals surface area contributed by atoms with Gasteiger partial charge in [-0.05, 0) is 77.0 Å². The van der Waals surface area contributed by atoms with E-state index >= 15 is 0 Å². The Bertz CT molecular complexity index is 965. The van der Waals surface area contributed by atoms with E-state index in [0.717, 1.165) is 116 Å². The Morgan fingerprint density at radius 3 is 1.05 bits per heavy atom. The summed E-state index contributed by atoms with van der Waals surface area (Å²) in [5, 5.41) is 0. The summed E-state index contributed by atoms with van der Waals surface area (Å²) in [5.41, 5.74) is -0.972. The number of carbonyl (C=O) groups excluding carboxylic acids is 3. The average molecular weight is 830 g/mol. The van der Waals surface area contributed by atoms with E-state index in [9.17, 15) is 14.4 Å². The average Bonchev–Trinajstić information content (AvgIpc) is 4.07. The summed E-state index contributed by atoms with van der Waals surface area (Å²) in [6.45, 7) is 10.2. The maximum absolute atomic E-state index is 13.0. The van der Waals surface area contributed by atoms with Crippen molar-refractivity contribution < 1.29 is 33.3 Å². The SMILES string of the molecule is CCCC/C=C\CCCCCCCC(=O)OCC(COCCN1CC1)(COC(=O)CCCCCCC/C=C\CCCC)COC(=O)CCCCCCC/C=C\CCCC. The molecule has 0 saturated carbocycles. The maximum Gasteiger partial charge on any atom is 0.305 e. The van der Waals surface area contributed by atoms with E-state index in [2.05, 4.69) is 62.1 Å². The third-order valence-electron chi connectivity index (χ3n) is 11.0. The van der Waals surface area contributed by atoms with Crippen molar-refractivity contribution in [1.29, 1.82) is 0 Å². The van der Waals surface area contributed by atoms with Crippen LogP contribution in [0.2, 0.25) is 0 Å². The van der Waals surface area contributed by atoms with Gasteiger partial charge in [-0.1, -0.05) is 154 Å². The number of carbonyl (C=O) groups is 3. The first-order valence-electron chi connectivity index (χ1n) is 24.7. The molecule has 1 rings (SSSR count). The monoisotopic (exact) mass is 830 g/mol. The zero-order chi connectivity index (χ0) is 42.8. The predicted molar refractivity (Wildman–Crippen MR) is 246 cm³/mol. The van der Waals surface area contributed by atoms with Gasteiger partial charge in [-0.3, -0.25) is 19.3 Å². The van der Waals surface area contributed by atoms with Gasteiger partial charge >= 0.3 is 17.9 Å². The van der Waals surface area contributed by atoms with E-state index in [-0.39, 0.29) is 44.3 Å². The lowest BCUT2D eigenvalue weighted by atomic mass is 9.92. The van der Waals surface area contributed by atoms with Crippen LogP contribution in [0.5, 0.6) is 0 Å². The fourth-order valence-corrected chi connectivity index (χ4v) is 6.80. The molecule has 0 unspecified atom stereocenters. The van der Waals surface area contributed by atoms with E-state index in [0.29, 0.717) is 25.9 Å². The molecule has 0 radical (unpaired) electrons. The van der Waals surface area contributed by atoms with Crippen molar-refractivity contribution >= 4 is 17.9 Å². The van der Waals surface area contributed by atoms with E-state index in [1.54, 1.807) is 0 Å². The lowest BCUT2D eigenvalue weighted by Crippen LogP contribution is -2.43. The first-order valence-corrected chi connectivity index (χ1v) is 24.7. The molecule has 0 spiro atoms. The molecule has 1 aliphatic heterocycles. The molecule has 0 bridgehead atoms. The van der Waals surface area contributed by atoms with Crippen LogP contribution in [0.15, 0.2) is 36.5 Å². The molecule has 0 aliphatic carbocycles. The van der Waals surface area contributed by atoms with Gasteiger partial charge in [0.25, 0.3) is 0 Å². The number of allylic oxidation sites excluding steroid dienone is 6. The third kappa shape index (κ3) is 37.1. The van der Waals surface area contributed by atoms with E-state index in [1.807, 2.05) is 0 Å². The Morgan fingerprint density at radius 2 is 0.729 bits per heavy atom. The van der Waals surface area contributed by atoms with Crippen molar-refractivity contribution in [3.05, 3.63) is 36.5 Å². The lowest BCUT2D eigenvalue weighted by Gasteiger charge is -2.32. The van der Waals surface area contributed by atoms with Gasteiger partial charge in [-0.2, -0.15) is 0 Å². The largest absolute Gasteiger partial charge is 0.465 e. The molecular formula is C51H91NO7. The molecule has 0 aromatic rings. The van der Waals surface area contributed by atoms with E-state index in [4.69, 9.17) is 18.9 Å². The Balaban J connectivity index is 2.67. The zero-order valence-corrected chi connectivity index (χ0v) is 38.6. The van der Waals surface area contributed by atoms with Crippen molar-refractivity contribution in [1.82, 2.24) is 4.90 Å². The molecule has 0 atom stereocenters. The smallest absolute Gasteiger partial charge is 0.305 e. The second-order valence-electron chi connectivity index (χ2n) is 17.1. The number of hydrogen-bond donors (Lipinski definition) is 0. The first-order chi connectivity index (χ1) is 28.9. The number of ether oxygens (including phenoxy) is 4. The fourth-order valence-electron chi connectivity index (χ4n) is 6.80. The summed E-state index contributed by atoms with van der Waals surface area (Å²) in [5.74, 6) is -0.825. The van der Waals surface area contributed by atoms with Gasteiger partial charge in [0, 0.05) is 38.9 Å². The summed E-state index contributed by atoms with van der Waals surface area (Å²) < 4.78 is 23.7. The van der Waals surface area contributed by atoms with Gasteiger partial charge in [0.15, 0.2) is 0 Å². The van der Waals surface area contributed by atoms with E-state index in [1.165, 1.54) is 77.0 Å². The molecule has 0 aromatic heterocycles. The van der Waals surface area contributed by atoms with Crippen molar-refractivity contribution in [2.75, 3.05) is 52.7 Å². The molecule has 0 amide bonds. The van der Waals surface area contributed by atoms with Crippen molar-refractivity contribution in [3.8, 4) is 0 Å². The summed E-state index contributed by atoms with van der Waals surface area (Å²) in [7, 11) is 0. The predicted octanol–water partition coefficient (Wildman–Crippen LogP) is 13.4. The molecule has 1 fully saturated rings. The van der Waals surface area contributed by atoms with Crippen LogP contribution in [-0.2, 0) is 33.3 Å². The molecule has 1 aliphatic rings. The van der Waals surface area contributed by atoms with Crippen LogP contribution in [0.4, 0.5) is 0 Å². The van der Waals surface area contributed by atoms with Gasteiger partial charge in [0.1, 0.15) is 19.8 Å². The highest BCUT2D eigenvalue weighted by atomic mass is 16.6. The summed E-state index contributed by atoms with van der Waals surface area (Å²) in [6.07, 6.45) is 44.8. The van der Waals surface area contributed by atoms with Crippen molar-refractivity contribution in [2.45, 2.75) is 213 Å². The van der Waals surface area contributed by atoms with Crippen LogP contribution in [0.25, 0.3) is 0 Å². The maximum atomic E-state index is 13.0. The number of unbranched alkanes of at least 4 members (excludes halogenated alkanes) is 21. The van der Waals surface area contributed by atoms with Gasteiger partial charge in [-0.15, -0.1) is 0 Å². The topological polar surface area (TPSA) is 91.1 Å². The molecule has 0 aromatic carbocycles. The zero-order valence-electron chi connectivity index (χ0n) is 38.6. The lowest BCUT2D eigenvalue weighted by molar-refractivity contribution is -0.167. The van der Waals surface area contributed by atoms with Gasteiger partial charge < -0.3 is 18.9 Å².